The summed E-state index contributed by atoms with van der Waals surface area (Å²) < 4.78 is 16.6. The number of esters is 1. The van der Waals surface area contributed by atoms with Gasteiger partial charge in [0.15, 0.2) is 6.10 Å². The number of carbonyl (C=O) groups excluding carboxylic acids is 1. The molecule has 3 aromatic carbocycles. The SMILES string of the molecule is C=CC(=O)OC(COC)COc1c2ccccc2cc2ccc(C)cc12. The molecular formula is C22H22O4. The molecule has 1 unspecified atom stereocenters. The molecule has 0 spiro atoms. The second-order valence-electron chi connectivity index (χ2n) is 6.18. The van der Waals surface area contributed by atoms with E-state index >= 15 is 0 Å². The van der Waals surface area contributed by atoms with Crippen LogP contribution in [0.5, 0.6) is 5.75 Å². The summed E-state index contributed by atoms with van der Waals surface area (Å²) >= 11 is 0. The van der Waals surface area contributed by atoms with Crippen molar-refractivity contribution in [1.29, 1.82) is 0 Å². The molecule has 0 aromatic heterocycles. The van der Waals surface area contributed by atoms with Crippen LogP contribution in [-0.4, -0.2) is 32.4 Å². The molecule has 0 radical (unpaired) electrons. The smallest absolute Gasteiger partial charge is 0.330 e. The summed E-state index contributed by atoms with van der Waals surface area (Å²) in [5.41, 5.74) is 1.16. The number of methoxy groups -OCH3 is 1. The first-order valence-corrected chi connectivity index (χ1v) is 8.49. The molecule has 0 aliphatic carbocycles. The summed E-state index contributed by atoms with van der Waals surface area (Å²) in [5.74, 6) is 0.298. The maximum absolute atomic E-state index is 11.5. The Balaban J connectivity index is 1.99. The molecule has 0 saturated heterocycles. The molecule has 3 aromatic rings. The van der Waals surface area contributed by atoms with E-state index in [1.165, 1.54) is 0 Å². The van der Waals surface area contributed by atoms with Gasteiger partial charge in [0.05, 0.1) is 6.61 Å². The summed E-state index contributed by atoms with van der Waals surface area (Å²) in [4.78, 5) is 11.5. The highest BCUT2D eigenvalue weighted by Gasteiger charge is 2.16. The summed E-state index contributed by atoms with van der Waals surface area (Å²) in [7, 11) is 1.56. The maximum atomic E-state index is 11.5. The lowest BCUT2D eigenvalue weighted by Crippen LogP contribution is -2.28. The van der Waals surface area contributed by atoms with Crippen LogP contribution in [0, 0.1) is 6.92 Å². The van der Waals surface area contributed by atoms with Crippen LogP contribution in [-0.2, 0) is 14.3 Å². The molecule has 0 N–H and O–H groups in total. The Kier molecular flexibility index (Phi) is 5.54. The maximum Gasteiger partial charge on any atom is 0.330 e. The van der Waals surface area contributed by atoms with Crippen LogP contribution in [0.25, 0.3) is 21.5 Å². The van der Waals surface area contributed by atoms with Crippen LogP contribution < -0.4 is 4.74 Å². The lowest BCUT2D eigenvalue weighted by molar-refractivity contribution is -0.147. The number of ether oxygens (including phenoxy) is 3. The minimum atomic E-state index is -0.510. The molecule has 0 amide bonds. The van der Waals surface area contributed by atoms with Gasteiger partial charge >= 0.3 is 5.97 Å². The quantitative estimate of drug-likeness (QED) is 0.359. The van der Waals surface area contributed by atoms with Crippen molar-refractivity contribution in [1.82, 2.24) is 0 Å². The van der Waals surface area contributed by atoms with Crippen LogP contribution in [0.15, 0.2) is 61.2 Å². The lowest BCUT2D eigenvalue weighted by Gasteiger charge is -2.19. The van der Waals surface area contributed by atoms with Crippen molar-refractivity contribution >= 4 is 27.5 Å². The van der Waals surface area contributed by atoms with E-state index in [4.69, 9.17) is 14.2 Å². The van der Waals surface area contributed by atoms with Crippen LogP contribution in [0.2, 0.25) is 0 Å². The standard InChI is InChI=1S/C22H22O4/c1-4-21(23)26-18(13-24-3)14-25-22-19-8-6-5-7-16(19)12-17-10-9-15(2)11-20(17)22/h4-12,18H,1,13-14H2,2-3H3. The normalized spacial score (nSPS) is 12.1. The van der Waals surface area contributed by atoms with Gasteiger partial charge in [0.25, 0.3) is 0 Å². The molecule has 0 fully saturated rings. The predicted octanol–water partition coefficient (Wildman–Crippen LogP) is 4.42. The highest BCUT2D eigenvalue weighted by Crippen LogP contribution is 2.35. The molecule has 0 bridgehead atoms. The Morgan fingerprint density at radius 3 is 2.62 bits per heavy atom. The van der Waals surface area contributed by atoms with E-state index in [1.807, 2.05) is 18.2 Å². The summed E-state index contributed by atoms with van der Waals surface area (Å²) in [6.07, 6.45) is 0.628. The Hall–Kier alpha value is -2.85. The minimum absolute atomic E-state index is 0.199. The number of hydrogen-bond donors (Lipinski definition) is 0. The summed E-state index contributed by atoms with van der Waals surface area (Å²) in [6, 6.07) is 16.5. The first-order chi connectivity index (χ1) is 12.6. The van der Waals surface area contributed by atoms with Gasteiger partial charge in [-0.25, -0.2) is 4.79 Å². The first-order valence-electron chi connectivity index (χ1n) is 8.49. The third-order valence-corrected chi connectivity index (χ3v) is 4.19. The highest BCUT2D eigenvalue weighted by molar-refractivity contribution is 6.05. The van der Waals surface area contributed by atoms with Gasteiger partial charge in [-0.3, -0.25) is 0 Å². The fraction of sp³-hybridized carbons (Fsp3) is 0.227. The molecule has 134 valence electrons. The van der Waals surface area contributed by atoms with Crippen molar-refractivity contribution in [3.8, 4) is 5.75 Å². The van der Waals surface area contributed by atoms with Gasteiger partial charge in [-0.05, 0) is 29.8 Å². The topological polar surface area (TPSA) is 44.8 Å². The number of fused-ring (bicyclic) bond motifs is 2. The van der Waals surface area contributed by atoms with Gasteiger partial charge in [-0.2, -0.15) is 0 Å². The van der Waals surface area contributed by atoms with Crippen LogP contribution in [0.4, 0.5) is 0 Å². The van der Waals surface area contributed by atoms with E-state index in [9.17, 15) is 4.79 Å². The predicted molar refractivity (Wildman–Crippen MR) is 104 cm³/mol. The van der Waals surface area contributed by atoms with E-state index < -0.39 is 12.1 Å². The zero-order valence-electron chi connectivity index (χ0n) is 15.0. The van der Waals surface area contributed by atoms with E-state index in [1.54, 1.807) is 7.11 Å². The molecule has 1 atom stereocenters. The largest absolute Gasteiger partial charge is 0.488 e. The number of aryl methyl sites for hydroxylation is 1. The highest BCUT2D eigenvalue weighted by atomic mass is 16.6. The van der Waals surface area contributed by atoms with Crippen molar-refractivity contribution in [2.75, 3.05) is 20.3 Å². The van der Waals surface area contributed by atoms with E-state index in [0.717, 1.165) is 38.9 Å². The molecule has 0 aliphatic heterocycles. The van der Waals surface area contributed by atoms with E-state index in [0.29, 0.717) is 0 Å². The minimum Gasteiger partial charge on any atom is -0.488 e. The number of carbonyl (C=O) groups is 1. The first kappa shape index (κ1) is 18.0. The van der Waals surface area contributed by atoms with E-state index in [2.05, 4.69) is 43.8 Å². The second kappa shape index (κ2) is 8.02. The van der Waals surface area contributed by atoms with Crippen LogP contribution in [0.1, 0.15) is 5.56 Å². The number of rotatable bonds is 7. The van der Waals surface area contributed by atoms with Gasteiger partial charge in [0, 0.05) is 24.0 Å². The van der Waals surface area contributed by atoms with Crippen molar-refractivity contribution < 1.29 is 19.0 Å². The van der Waals surface area contributed by atoms with Crippen LogP contribution >= 0.6 is 0 Å². The molecule has 0 heterocycles. The lowest BCUT2D eigenvalue weighted by atomic mass is 10.0. The van der Waals surface area contributed by atoms with E-state index in [-0.39, 0.29) is 13.2 Å². The van der Waals surface area contributed by atoms with Gasteiger partial charge in [-0.1, -0.05) is 48.5 Å². The van der Waals surface area contributed by atoms with Gasteiger partial charge in [0.1, 0.15) is 12.4 Å². The number of benzene rings is 3. The third kappa shape index (κ3) is 3.86. The monoisotopic (exact) mass is 350 g/mol. The molecule has 0 aliphatic rings. The second-order valence-corrected chi connectivity index (χ2v) is 6.18. The Labute approximate surface area is 153 Å². The molecule has 3 rings (SSSR count). The van der Waals surface area contributed by atoms with Crippen LogP contribution in [0.3, 0.4) is 0 Å². The fourth-order valence-corrected chi connectivity index (χ4v) is 2.98. The fourth-order valence-electron chi connectivity index (χ4n) is 2.98. The van der Waals surface area contributed by atoms with Crippen molar-refractivity contribution in [3.63, 3.8) is 0 Å². The molecule has 4 nitrogen and oxygen atoms in total. The zero-order valence-corrected chi connectivity index (χ0v) is 15.0. The van der Waals surface area contributed by atoms with Gasteiger partial charge < -0.3 is 14.2 Å². The van der Waals surface area contributed by atoms with Gasteiger partial charge in [0.2, 0.25) is 0 Å². The average Bonchev–Trinajstić information content (AvgIpc) is 2.65. The summed E-state index contributed by atoms with van der Waals surface area (Å²) in [5, 5.41) is 4.27. The third-order valence-electron chi connectivity index (χ3n) is 4.19. The van der Waals surface area contributed by atoms with Gasteiger partial charge in [-0.15, -0.1) is 0 Å². The Morgan fingerprint density at radius 1 is 1.08 bits per heavy atom. The zero-order chi connectivity index (χ0) is 18.5. The molecule has 26 heavy (non-hydrogen) atoms. The Morgan fingerprint density at radius 2 is 1.85 bits per heavy atom. The van der Waals surface area contributed by atoms with Crippen molar-refractivity contribution in [2.24, 2.45) is 0 Å². The van der Waals surface area contributed by atoms with Crippen molar-refractivity contribution in [3.05, 3.63) is 66.7 Å². The molecule has 4 heteroatoms. The average molecular weight is 350 g/mol. The Bertz CT molecular complexity index is 945. The molecule has 0 saturated carbocycles. The molecular weight excluding hydrogens is 328 g/mol. The summed E-state index contributed by atoms with van der Waals surface area (Å²) in [6.45, 7) is 5.93. The number of hydrogen-bond acceptors (Lipinski definition) is 4. The van der Waals surface area contributed by atoms with Crippen molar-refractivity contribution in [2.45, 2.75) is 13.0 Å².